The zero-order chi connectivity index (χ0) is 8.65. The molecule has 1 heteroatoms. The van der Waals surface area contributed by atoms with E-state index >= 15 is 0 Å². The molecule has 1 rings (SSSR count). The number of nitrogens with zero attached hydrogens (tertiary/aromatic N) is 1. The SMILES string of the molecule is C[C@@H]1C[C@H](C)N(C(C)(C)C)C1. The van der Waals surface area contributed by atoms with Crippen molar-refractivity contribution >= 4 is 0 Å². The molecule has 1 saturated heterocycles. The van der Waals surface area contributed by atoms with Gasteiger partial charge < -0.3 is 0 Å². The van der Waals surface area contributed by atoms with Crippen molar-refractivity contribution in [2.45, 2.75) is 52.6 Å². The molecule has 0 N–H and O–H groups in total. The lowest BCUT2D eigenvalue weighted by Gasteiger charge is -2.35. The molecule has 1 heterocycles. The van der Waals surface area contributed by atoms with Crippen molar-refractivity contribution in [2.24, 2.45) is 5.92 Å². The van der Waals surface area contributed by atoms with Gasteiger partial charge in [-0.3, -0.25) is 4.90 Å². The molecule has 0 bridgehead atoms. The molecule has 0 aromatic heterocycles. The standard InChI is InChI=1S/C10H21N/c1-8-6-9(2)11(7-8)10(3,4)5/h8-9H,6-7H2,1-5H3/t8-,9+/m1/s1. The number of likely N-dealkylation sites (tertiary alicyclic amines) is 1. The summed E-state index contributed by atoms with van der Waals surface area (Å²) in [5.74, 6) is 0.893. The summed E-state index contributed by atoms with van der Waals surface area (Å²) in [7, 11) is 0. The van der Waals surface area contributed by atoms with Gasteiger partial charge in [-0.1, -0.05) is 6.92 Å². The molecular weight excluding hydrogens is 134 g/mol. The highest BCUT2D eigenvalue weighted by molar-refractivity contribution is 4.88. The van der Waals surface area contributed by atoms with Crippen LogP contribution in [0.2, 0.25) is 0 Å². The molecule has 1 aliphatic rings. The van der Waals surface area contributed by atoms with Crippen LogP contribution in [0.4, 0.5) is 0 Å². The Kier molecular flexibility index (Phi) is 2.29. The first-order chi connectivity index (χ1) is 4.91. The summed E-state index contributed by atoms with van der Waals surface area (Å²) >= 11 is 0. The number of hydrogen-bond donors (Lipinski definition) is 0. The van der Waals surface area contributed by atoms with Gasteiger partial charge in [-0.15, -0.1) is 0 Å². The van der Waals surface area contributed by atoms with Crippen molar-refractivity contribution < 1.29 is 0 Å². The molecule has 0 aromatic carbocycles. The maximum Gasteiger partial charge on any atom is 0.0127 e. The molecule has 1 aliphatic heterocycles. The molecule has 0 unspecified atom stereocenters. The van der Waals surface area contributed by atoms with Crippen molar-refractivity contribution in [1.29, 1.82) is 0 Å². The van der Waals surface area contributed by atoms with Crippen LogP contribution in [0.5, 0.6) is 0 Å². The number of hydrogen-bond acceptors (Lipinski definition) is 1. The molecule has 0 aromatic rings. The molecular formula is C10H21N. The molecule has 1 nitrogen and oxygen atoms in total. The Morgan fingerprint density at radius 1 is 1.18 bits per heavy atom. The summed E-state index contributed by atoms with van der Waals surface area (Å²) in [5, 5.41) is 0. The van der Waals surface area contributed by atoms with Gasteiger partial charge in [0.15, 0.2) is 0 Å². The second kappa shape index (κ2) is 2.78. The quantitative estimate of drug-likeness (QED) is 0.519. The van der Waals surface area contributed by atoms with E-state index in [0.29, 0.717) is 5.54 Å². The van der Waals surface area contributed by atoms with E-state index in [2.05, 4.69) is 39.5 Å². The summed E-state index contributed by atoms with van der Waals surface area (Å²) in [6.07, 6.45) is 1.37. The van der Waals surface area contributed by atoms with Crippen LogP contribution in [0.25, 0.3) is 0 Å². The molecule has 0 aliphatic carbocycles. The third kappa shape index (κ3) is 1.96. The van der Waals surface area contributed by atoms with Crippen LogP contribution in [0, 0.1) is 5.92 Å². The van der Waals surface area contributed by atoms with Crippen molar-refractivity contribution in [1.82, 2.24) is 4.90 Å². The van der Waals surface area contributed by atoms with Crippen LogP contribution < -0.4 is 0 Å². The zero-order valence-electron chi connectivity index (χ0n) is 8.52. The van der Waals surface area contributed by atoms with Crippen LogP contribution in [0.3, 0.4) is 0 Å². The van der Waals surface area contributed by atoms with E-state index in [1.807, 2.05) is 0 Å². The van der Waals surface area contributed by atoms with Crippen molar-refractivity contribution in [3.8, 4) is 0 Å². The maximum absolute atomic E-state index is 2.61. The first-order valence-corrected chi connectivity index (χ1v) is 4.68. The van der Waals surface area contributed by atoms with Gasteiger partial charge in [-0.05, 0) is 40.0 Å². The zero-order valence-corrected chi connectivity index (χ0v) is 8.52. The van der Waals surface area contributed by atoms with Crippen LogP contribution in [-0.4, -0.2) is 23.0 Å². The lowest BCUT2D eigenvalue weighted by molar-refractivity contribution is 0.127. The Bertz CT molecular complexity index is 134. The molecule has 11 heavy (non-hydrogen) atoms. The van der Waals surface area contributed by atoms with Crippen LogP contribution in [-0.2, 0) is 0 Å². The second-order valence-electron chi connectivity index (χ2n) is 5.01. The Labute approximate surface area is 70.8 Å². The van der Waals surface area contributed by atoms with E-state index in [1.54, 1.807) is 0 Å². The molecule has 2 atom stereocenters. The Morgan fingerprint density at radius 2 is 1.73 bits per heavy atom. The smallest absolute Gasteiger partial charge is 0.0127 e. The van der Waals surface area contributed by atoms with E-state index in [1.165, 1.54) is 13.0 Å². The van der Waals surface area contributed by atoms with E-state index < -0.39 is 0 Å². The Morgan fingerprint density at radius 3 is 1.91 bits per heavy atom. The minimum atomic E-state index is 0.365. The highest BCUT2D eigenvalue weighted by Crippen LogP contribution is 2.29. The highest BCUT2D eigenvalue weighted by atomic mass is 15.2. The number of rotatable bonds is 0. The van der Waals surface area contributed by atoms with E-state index in [-0.39, 0.29) is 0 Å². The monoisotopic (exact) mass is 155 g/mol. The topological polar surface area (TPSA) is 3.24 Å². The fourth-order valence-electron chi connectivity index (χ4n) is 2.23. The molecule has 0 spiro atoms. The molecule has 0 saturated carbocycles. The Hall–Kier alpha value is -0.0400. The van der Waals surface area contributed by atoms with Gasteiger partial charge >= 0.3 is 0 Å². The van der Waals surface area contributed by atoms with Crippen LogP contribution in [0.15, 0.2) is 0 Å². The average molecular weight is 155 g/mol. The predicted molar refractivity (Wildman–Crippen MR) is 49.7 cm³/mol. The maximum atomic E-state index is 2.61. The van der Waals surface area contributed by atoms with Gasteiger partial charge in [0.05, 0.1) is 0 Å². The predicted octanol–water partition coefficient (Wildman–Crippen LogP) is 2.52. The fraction of sp³-hybridized carbons (Fsp3) is 1.00. The van der Waals surface area contributed by atoms with Crippen LogP contribution >= 0.6 is 0 Å². The normalized spacial score (nSPS) is 34.6. The molecule has 1 fully saturated rings. The van der Waals surface area contributed by atoms with E-state index in [9.17, 15) is 0 Å². The summed E-state index contributed by atoms with van der Waals surface area (Å²) < 4.78 is 0. The lowest BCUT2D eigenvalue weighted by Crippen LogP contribution is -2.43. The third-order valence-electron chi connectivity index (χ3n) is 2.65. The summed E-state index contributed by atoms with van der Waals surface area (Å²) in [5.41, 5.74) is 0.365. The van der Waals surface area contributed by atoms with Crippen molar-refractivity contribution in [3.63, 3.8) is 0 Å². The largest absolute Gasteiger partial charge is 0.296 e. The van der Waals surface area contributed by atoms with Crippen molar-refractivity contribution in [3.05, 3.63) is 0 Å². The minimum Gasteiger partial charge on any atom is -0.296 e. The fourth-order valence-corrected chi connectivity index (χ4v) is 2.23. The summed E-state index contributed by atoms with van der Waals surface area (Å²) in [6.45, 7) is 12.9. The van der Waals surface area contributed by atoms with Gasteiger partial charge in [0.1, 0.15) is 0 Å². The van der Waals surface area contributed by atoms with Gasteiger partial charge in [-0.2, -0.15) is 0 Å². The average Bonchev–Trinajstić information content (AvgIpc) is 2.08. The van der Waals surface area contributed by atoms with Crippen LogP contribution in [0.1, 0.15) is 41.0 Å². The van der Waals surface area contributed by atoms with E-state index in [0.717, 1.165) is 12.0 Å². The first-order valence-electron chi connectivity index (χ1n) is 4.68. The lowest BCUT2D eigenvalue weighted by atomic mass is 10.1. The van der Waals surface area contributed by atoms with Crippen molar-refractivity contribution in [2.75, 3.05) is 6.54 Å². The highest BCUT2D eigenvalue weighted by Gasteiger charge is 2.33. The summed E-state index contributed by atoms with van der Waals surface area (Å²) in [6, 6.07) is 0.782. The van der Waals surface area contributed by atoms with Gasteiger partial charge in [0.2, 0.25) is 0 Å². The third-order valence-corrected chi connectivity index (χ3v) is 2.65. The molecule has 66 valence electrons. The minimum absolute atomic E-state index is 0.365. The van der Waals surface area contributed by atoms with E-state index in [4.69, 9.17) is 0 Å². The molecule has 0 amide bonds. The first kappa shape index (κ1) is 9.05. The van der Waals surface area contributed by atoms with Gasteiger partial charge in [-0.25, -0.2) is 0 Å². The summed E-state index contributed by atoms with van der Waals surface area (Å²) in [4.78, 5) is 2.61. The van der Waals surface area contributed by atoms with Gasteiger partial charge in [0.25, 0.3) is 0 Å². The second-order valence-corrected chi connectivity index (χ2v) is 5.01. The van der Waals surface area contributed by atoms with Gasteiger partial charge in [0, 0.05) is 18.1 Å². The molecule has 0 radical (unpaired) electrons. The Balaban J connectivity index is 2.60.